The SMILES string of the molecule is CCC1C[N+]2(CCCC3CCCCC32)CC1CC. The zero-order valence-corrected chi connectivity index (χ0v) is 12.5. The van der Waals surface area contributed by atoms with Gasteiger partial charge in [0.05, 0.1) is 25.7 Å². The number of quaternary nitrogens is 1. The van der Waals surface area contributed by atoms with Crippen molar-refractivity contribution in [2.45, 2.75) is 71.3 Å². The highest BCUT2D eigenvalue weighted by atomic mass is 15.4. The third kappa shape index (κ3) is 2.03. The minimum absolute atomic E-state index is 1.04. The van der Waals surface area contributed by atoms with Crippen molar-refractivity contribution in [3.63, 3.8) is 0 Å². The van der Waals surface area contributed by atoms with Gasteiger partial charge in [0.25, 0.3) is 0 Å². The Hall–Kier alpha value is -0.0400. The number of hydrogen-bond acceptors (Lipinski definition) is 0. The molecule has 4 atom stereocenters. The summed E-state index contributed by atoms with van der Waals surface area (Å²) < 4.78 is 1.56. The molecule has 0 bridgehead atoms. The van der Waals surface area contributed by atoms with Crippen LogP contribution in [0.25, 0.3) is 0 Å². The smallest absolute Gasteiger partial charge is 0.0918 e. The molecule has 0 N–H and O–H groups in total. The molecule has 4 unspecified atom stereocenters. The highest BCUT2D eigenvalue weighted by Crippen LogP contribution is 2.46. The highest BCUT2D eigenvalue weighted by molar-refractivity contribution is 4.86. The fourth-order valence-corrected chi connectivity index (χ4v) is 5.77. The topological polar surface area (TPSA) is 0 Å². The van der Waals surface area contributed by atoms with E-state index in [-0.39, 0.29) is 0 Å². The van der Waals surface area contributed by atoms with Crippen molar-refractivity contribution < 1.29 is 4.48 Å². The molecule has 1 saturated carbocycles. The molecule has 2 saturated heterocycles. The predicted octanol–water partition coefficient (Wildman–Crippen LogP) is 4.22. The number of rotatable bonds is 2. The number of nitrogens with zero attached hydrogens (tertiary/aromatic N) is 1. The fourth-order valence-electron chi connectivity index (χ4n) is 5.77. The Kier molecular flexibility index (Phi) is 3.71. The average Bonchev–Trinajstić information content (AvgIpc) is 2.78. The van der Waals surface area contributed by atoms with Crippen LogP contribution in [0, 0.1) is 17.8 Å². The maximum absolute atomic E-state index is 2.43. The van der Waals surface area contributed by atoms with Crippen LogP contribution in [0.1, 0.15) is 65.2 Å². The van der Waals surface area contributed by atoms with E-state index in [0.29, 0.717) is 0 Å². The second-order valence-electron chi connectivity index (χ2n) is 7.40. The Morgan fingerprint density at radius 3 is 2.11 bits per heavy atom. The van der Waals surface area contributed by atoms with Gasteiger partial charge in [-0.3, -0.25) is 0 Å². The lowest BCUT2D eigenvalue weighted by Crippen LogP contribution is -2.60. The number of hydrogen-bond donors (Lipinski definition) is 0. The molecule has 3 aliphatic rings. The van der Waals surface area contributed by atoms with E-state index in [9.17, 15) is 0 Å². The van der Waals surface area contributed by atoms with Crippen molar-refractivity contribution in [3.8, 4) is 0 Å². The average molecular weight is 250 g/mol. The maximum Gasteiger partial charge on any atom is 0.0918 e. The van der Waals surface area contributed by atoms with Gasteiger partial charge < -0.3 is 4.48 Å². The molecule has 0 amide bonds. The highest BCUT2D eigenvalue weighted by Gasteiger charge is 2.52. The molecule has 0 radical (unpaired) electrons. The molecule has 0 aromatic heterocycles. The van der Waals surface area contributed by atoms with Crippen molar-refractivity contribution in [1.29, 1.82) is 0 Å². The van der Waals surface area contributed by atoms with Crippen molar-refractivity contribution in [2.75, 3.05) is 19.6 Å². The van der Waals surface area contributed by atoms with Crippen LogP contribution < -0.4 is 0 Å². The first-order valence-corrected chi connectivity index (χ1v) is 8.65. The van der Waals surface area contributed by atoms with E-state index in [0.717, 1.165) is 23.8 Å². The molecule has 18 heavy (non-hydrogen) atoms. The molecule has 1 heteroatoms. The Bertz CT molecular complexity index is 271. The quantitative estimate of drug-likeness (QED) is 0.644. The van der Waals surface area contributed by atoms with Crippen molar-refractivity contribution >= 4 is 0 Å². The number of fused-ring (bicyclic) bond motifs is 2. The predicted molar refractivity (Wildman–Crippen MR) is 77.4 cm³/mol. The first-order chi connectivity index (χ1) is 8.79. The Labute approximate surface area is 114 Å². The van der Waals surface area contributed by atoms with Crippen LogP contribution in [-0.4, -0.2) is 30.2 Å². The van der Waals surface area contributed by atoms with Crippen LogP contribution in [-0.2, 0) is 0 Å². The van der Waals surface area contributed by atoms with Gasteiger partial charge in [0.15, 0.2) is 0 Å². The van der Waals surface area contributed by atoms with Gasteiger partial charge in [-0.05, 0) is 44.9 Å². The third-order valence-corrected chi connectivity index (χ3v) is 6.66. The van der Waals surface area contributed by atoms with Crippen molar-refractivity contribution in [1.82, 2.24) is 0 Å². The second-order valence-corrected chi connectivity index (χ2v) is 7.40. The van der Waals surface area contributed by atoms with E-state index in [1.54, 1.807) is 23.7 Å². The largest absolute Gasteiger partial charge is 0.320 e. The van der Waals surface area contributed by atoms with Crippen LogP contribution in [0.2, 0.25) is 0 Å². The molecule has 2 heterocycles. The zero-order valence-electron chi connectivity index (χ0n) is 12.5. The summed E-state index contributed by atoms with van der Waals surface area (Å²) in [5.74, 6) is 3.17. The summed E-state index contributed by atoms with van der Waals surface area (Å²) in [6.45, 7) is 9.45. The van der Waals surface area contributed by atoms with E-state index in [1.807, 2.05) is 0 Å². The first-order valence-electron chi connectivity index (χ1n) is 8.65. The fraction of sp³-hybridized carbons (Fsp3) is 1.00. The lowest BCUT2D eigenvalue weighted by atomic mass is 9.77. The van der Waals surface area contributed by atoms with E-state index >= 15 is 0 Å². The molecule has 3 rings (SSSR count). The van der Waals surface area contributed by atoms with Crippen molar-refractivity contribution in [2.24, 2.45) is 17.8 Å². The van der Waals surface area contributed by atoms with Crippen LogP contribution in [0.15, 0.2) is 0 Å². The van der Waals surface area contributed by atoms with E-state index < -0.39 is 0 Å². The molecule has 0 aromatic rings. The molecule has 104 valence electrons. The Morgan fingerprint density at radius 1 is 0.833 bits per heavy atom. The third-order valence-electron chi connectivity index (χ3n) is 6.66. The molecule has 0 aromatic carbocycles. The van der Waals surface area contributed by atoms with Gasteiger partial charge in [0, 0.05) is 17.8 Å². The van der Waals surface area contributed by atoms with E-state index in [1.165, 1.54) is 51.7 Å². The normalized spacial score (nSPS) is 48.3. The summed E-state index contributed by atoms with van der Waals surface area (Å²) >= 11 is 0. The van der Waals surface area contributed by atoms with Gasteiger partial charge in [-0.2, -0.15) is 0 Å². The van der Waals surface area contributed by atoms with Gasteiger partial charge in [-0.1, -0.05) is 20.3 Å². The van der Waals surface area contributed by atoms with Gasteiger partial charge in [-0.15, -0.1) is 0 Å². The second kappa shape index (κ2) is 5.15. The van der Waals surface area contributed by atoms with Crippen LogP contribution >= 0.6 is 0 Å². The van der Waals surface area contributed by atoms with Gasteiger partial charge in [0.1, 0.15) is 0 Å². The maximum atomic E-state index is 2.43. The summed E-state index contributed by atoms with van der Waals surface area (Å²) in [7, 11) is 0. The molecular weight excluding hydrogens is 218 g/mol. The molecule has 2 aliphatic heterocycles. The summed E-state index contributed by atoms with van der Waals surface area (Å²) in [6.07, 6.45) is 12.1. The van der Waals surface area contributed by atoms with Crippen LogP contribution in [0.5, 0.6) is 0 Å². The minimum Gasteiger partial charge on any atom is -0.320 e. The summed E-state index contributed by atoms with van der Waals surface area (Å²) in [5.41, 5.74) is 0. The van der Waals surface area contributed by atoms with Gasteiger partial charge >= 0.3 is 0 Å². The monoisotopic (exact) mass is 250 g/mol. The van der Waals surface area contributed by atoms with E-state index in [4.69, 9.17) is 0 Å². The lowest BCUT2D eigenvalue weighted by molar-refractivity contribution is -0.952. The molecule has 1 aliphatic carbocycles. The first kappa shape index (κ1) is 13.0. The molecular formula is C17H32N+. The Morgan fingerprint density at radius 2 is 1.44 bits per heavy atom. The number of piperidine rings is 1. The molecule has 1 nitrogen and oxygen atoms in total. The minimum atomic E-state index is 1.04. The zero-order chi connectivity index (χ0) is 12.6. The van der Waals surface area contributed by atoms with Crippen LogP contribution in [0.4, 0.5) is 0 Å². The van der Waals surface area contributed by atoms with Gasteiger partial charge in [-0.25, -0.2) is 0 Å². The summed E-state index contributed by atoms with van der Waals surface area (Å²) in [6, 6.07) is 1.07. The summed E-state index contributed by atoms with van der Waals surface area (Å²) in [4.78, 5) is 0. The van der Waals surface area contributed by atoms with E-state index in [2.05, 4.69) is 13.8 Å². The summed E-state index contributed by atoms with van der Waals surface area (Å²) in [5, 5.41) is 0. The lowest BCUT2D eigenvalue weighted by Gasteiger charge is -2.51. The Balaban J connectivity index is 1.80. The molecule has 1 spiro atoms. The standard InChI is InChI=1S/C17H32N/c1-3-14-12-18(13-15(14)4-2)11-7-9-16-8-5-6-10-17(16)18/h14-17H,3-13H2,1-2H3/q+1. The van der Waals surface area contributed by atoms with Crippen molar-refractivity contribution in [3.05, 3.63) is 0 Å². The molecule has 3 fully saturated rings. The van der Waals surface area contributed by atoms with Crippen LogP contribution in [0.3, 0.4) is 0 Å². The van der Waals surface area contributed by atoms with Gasteiger partial charge in [0.2, 0.25) is 0 Å².